The van der Waals surface area contributed by atoms with E-state index in [-0.39, 0.29) is 11.3 Å². The molecular weight excluding hydrogens is 256 g/mol. The number of aliphatic hydroxyl groups excluding tert-OH is 1. The number of nitrogens with zero attached hydrogens (tertiary/aromatic N) is 1. The summed E-state index contributed by atoms with van der Waals surface area (Å²) in [5.41, 5.74) is 0.325. The average Bonchev–Trinajstić information content (AvgIpc) is 2.34. The number of amides is 1. The molecule has 19 heavy (non-hydrogen) atoms. The lowest BCUT2D eigenvalue weighted by Crippen LogP contribution is -2.36. The van der Waals surface area contributed by atoms with Crippen LogP contribution in [0.4, 0.5) is 5.69 Å². The van der Waals surface area contributed by atoms with Gasteiger partial charge in [0.15, 0.2) is 6.10 Å². The fraction of sp³-hybridized carbons (Fsp3) is 0.273. The number of rotatable bonds is 5. The van der Waals surface area contributed by atoms with E-state index in [9.17, 15) is 19.7 Å². The van der Waals surface area contributed by atoms with E-state index in [4.69, 9.17) is 10.2 Å². The van der Waals surface area contributed by atoms with Crippen LogP contribution in [0.25, 0.3) is 0 Å². The maximum Gasteiger partial charge on any atom is 0.334 e. The first kappa shape index (κ1) is 14.6. The van der Waals surface area contributed by atoms with Crippen molar-refractivity contribution in [2.24, 2.45) is 0 Å². The van der Waals surface area contributed by atoms with Crippen LogP contribution in [0.15, 0.2) is 18.2 Å². The van der Waals surface area contributed by atoms with Crippen molar-refractivity contribution in [1.29, 1.82) is 0 Å². The van der Waals surface area contributed by atoms with E-state index in [0.717, 1.165) is 6.07 Å². The Balaban J connectivity index is 2.82. The molecule has 0 aromatic heterocycles. The minimum atomic E-state index is -1.72. The molecule has 0 saturated heterocycles. The summed E-state index contributed by atoms with van der Waals surface area (Å²) in [6.45, 7) is 1.12. The second-order valence-corrected chi connectivity index (χ2v) is 3.88. The topological polar surface area (TPSA) is 130 Å². The van der Waals surface area contributed by atoms with E-state index in [1.807, 2.05) is 0 Å². The van der Waals surface area contributed by atoms with E-state index < -0.39 is 29.4 Å². The van der Waals surface area contributed by atoms with Gasteiger partial charge in [-0.25, -0.2) is 4.79 Å². The molecular formula is C11H12N2O6. The highest BCUT2D eigenvalue weighted by Crippen LogP contribution is 2.16. The SMILES string of the molecule is Cc1cc(C(=O)NCC(O)C(=O)O)cc([N+](=O)[O-])c1. The number of hydrogen-bond acceptors (Lipinski definition) is 5. The second-order valence-electron chi connectivity index (χ2n) is 3.88. The van der Waals surface area contributed by atoms with Gasteiger partial charge in [-0.05, 0) is 18.6 Å². The van der Waals surface area contributed by atoms with Gasteiger partial charge < -0.3 is 15.5 Å². The number of nitrogens with one attached hydrogen (secondary N) is 1. The minimum absolute atomic E-state index is 0.0317. The Hall–Kier alpha value is -2.48. The molecule has 0 aliphatic carbocycles. The van der Waals surface area contributed by atoms with Crippen LogP contribution in [0.2, 0.25) is 0 Å². The molecule has 0 fully saturated rings. The zero-order chi connectivity index (χ0) is 14.6. The summed E-state index contributed by atoms with van der Waals surface area (Å²) in [6, 6.07) is 3.81. The number of non-ortho nitro benzene ring substituents is 1. The van der Waals surface area contributed by atoms with Crippen LogP contribution in [-0.2, 0) is 4.79 Å². The smallest absolute Gasteiger partial charge is 0.334 e. The first-order valence-electron chi connectivity index (χ1n) is 5.26. The van der Waals surface area contributed by atoms with Crippen LogP contribution < -0.4 is 5.32 Å². The summed E-state index contributed by atoms with van der Waals surface area (Å²) >= 11 is 0. The molecule has 0 aliphatic rings. The van der Waals surface area contributed by atoms with Crippen LogP contribution in [0.1, 0.15) is 15.9 Å². The summed E-state index contributed by atoms with van der Waals surface area (Å²) in [5.74, 6) is -2.15. The molecule has 1 amide bonds. The Morgan fingerprint density at radius 2 is 2.05 bits per heavy atom. The molecule has 0 radical (unpaired) electrons. The molecule has 0 saturated carbocycles. The number of carboxylic acids is 1. The summed E-state index contributed by atoms with van der Waals surface area (Å²) in [6.07, 6.45) is -1.72. The number of aryl methyl sites for hydroxylation is 1. The van der Waals surface area contributed by atoms with E-state index in [2.05, 4.69) is 5.32 Å². The molecule has 8 nitrogen and oxygen atoms in total. The van der Waals surface area contributed by atoms with Crippen LogP contribution >= 0.6 is 0 Å². The fourth-order valence-corrected chi connectivity index (χ4v) is 1.38. The Bertz CT molecular complexity index is 528. The molecule has 1 rings (SSSR count). The predicted octanol–water partition coefficient (Wildman–Crippen LogP) is 0.0785. The Morgan fingerprint density at radius 1 is 1.42 bits per heavy atom. The number of hydrogen-bond donors (Lipinski definition) is 3. The quantitative estimate of drug-likeness (QED) is 0.512. The van der Waals surface area contributed by atoms with Crippen LogP contribution in [0.5, 0.6) is 0 Å². The third-order valence-corrected chi connectivity index (χ3v) is 2.28. The number of carbonyl (C=O) groups excluding carboxylic acids is 1. The van der Waals surface area contributed by atoms with Gasteiger partial charge in [0.05, 0.1) is 11.5 Å². The van der Waals surface area contributed by atoms with Crippen LogP contribution in [0, 0.1) is 17.0 Å². The Kier molecular flexibility index (Phi) is 4.54. The third kappa shape index (κ3) is 4.03. The number of nitro benzene ring substituents is 1. The first-order valence-corrected chi connectivity index (χ1v) is 5.26. The van der Waals surface area contributed by atoms with Gasteiger partial charge in [0.25, 0.3) is 11.6 Å². The zero-order valence-corrected chi connectivity index (χ0v) is 9.99. The maximum absolute atomic E-state index is 11.7. The standard InChI is InChI=1S/C11H12N2O6/c1-6-2-7(4-8(3-6)13(18)19)10(15)12-5-9(14)11(16)17/h2-4,9,14H,5H2,1H3,(H,12,15)(H,16,17). The summed E-state index contributed by atoms with van der Waals surface area (Å²) < 4.78 is 0. The highest BCUT2D eigenvalue weighted by molar-refractivity contribution is 5.95. The van der Waals surface area contributed by atoms with Crippen molar-refractivity contribution in [3.05, 3.63) is 39.4 Å². The Labute approximate surface area is 107 Å². The van der Waals surface area contributed by atoms with Crippen molar-refractivity contribution in [3.63, 3.8) is 0 Å². The summed E-state index contributed by atoms with van der Waals surface area (Å²) in [7, 11) is 0. The van der Waals surface area contributed by atoms with Crippen LogP contribution in [-0.4, -0.2) is 39.7 Å². The molecule has 0 spiro atoms. The molecule has 102 valence electrons. The second kappa shape index (κ2) is 5.91. The van der Waals surface area contributed by atoms with Crippen molar-refractivity contribution in [3.8, 4) is 0 Å². The lowest BCUT2D eigenvalue weighted by atomic mass is 10.1. The largest absolute Gasteiger partial charge is 0.479 e. The van der Waals surface area contributed by atoms with Gasteiger partial charge in [0.2, 0.25) is 0 Å². The van der Waals surface area contributed by atoms with Crippen molar-refractivity contribution in [1.82, 2.24) is 5.32 Å². The van der Waals surface area contributed by atoms with E-state index >= 15 is 0 Å². The number of benzene rings is 1. The first-order chi connectivity index (χ1) is 8.81. The normalized spacial score (nSPS) is 11.7. The molecule has 1 atom stereocenters. The number of nitro groups is 1. The van der Waals surface area contributed by atoms with Crippen molar-refractivity contribution < 1.29 is 24.7 Å². The molecule has 0 aliphatic heterocycles. The van der Waals surface area contributed by atoms with Gasteiger partial charge in [-0.15, -0.1) is 0 Å². The fourth-order valence-electron chi connectivity index (χ4n) is 1.38. The lowest BCUT2D eigenvalue weighted by molar-refractivity contribution is -0.384. The lowest BCUT2D eigenvalue weighted by Gasteiger charge is -2.08. The van der Waals surface area contributed by atoms with E-state index in [1.54, 1.807) is 6.92 Å². The van der Waals surface area contributed by atoms with Gasteiger partial charge in [0.1, 0.15) is 0 Å². The van der Waals surface area contributed by atoms with Gasteiger partial charge in [-0.3, -0.25) is 14.9 Å². The van der Waals surface area contributed by atoms with E-state index in [1.165, 1.54) is 12.1 Å². The monoisotopic (exact) mass is 268 g/mol. The van der Waals surface area contributed by atoms with Crippen molar-refractivity contribution in [2.45, 2.75) is 13.0 Å². The number of carbonyl (C=O) groups is 2. The predicted molar refractivity (Wildman–Crippen MR) is 63.8 cm³/mol. The van der Waals surface area contributed by atoms with Crippen molar-refractivity contribution in [2.75, 3.05) is 6.54 Å². The molecule has 8 heteroatoms. The summed E-state index contributed by atoms with van der Waals surface area (Å²) in [5, 5.41) is 30.3. The molecule has 0 heterocycles. The van der Waals surface area contributed by atoms with Gasteiger partial charge in [0, 0.05) is 17.7 Å². The summed E-state index contributed by atoms with van der Waals surface area (Å²) in [4.78, 5) is 32.0. The molecule has 0 bridgehead atoms. The van der Waals surface area contributed by atoms with Gasteiger partial charge >= 0.3 is 5.97 Å². The Morgan fingerprint density at radius 3 is 2.58 bits per heavy atom. The maximum atomic E-state index is 11.7. The molecule has 3 N–H and O–H groups in total. The molecule has 1 aromatic rings. The van der Waals surface area contributed by atoms with Crippen LogP contribution in [0.3, 0.4) is 0 Å². The highest BCUT2D eigenvalue weighted by atomic mass is 16.6. The van der Waals surface area contributed by atoms with Crippen molar-refractivity contribution >= 4 is 17.6 Å². The molecule has 1 unspecified atom stereocenters. The number of aliphatic carboxylic acids is 1. The van der Waals surface area contributed by atoms with E-state index in [0.29, 0.717) is 5.56 Å². The number of carboxylic acid groups (broad SMARTS) is 1. The highest BCUT2D eigenvalue weighted by Gasteiger charge is 2.17. The minimum Gasteiger partial charge on any atom is -0.479 e. The zero-order valence-electron chi connectivity index (χ0n) is 9.99. The molecule has 1 aromatic carbocycles. The average molecular weight is 268 g/mol. The van der Waals surface area contributed by atoms with Gasteiger partial charge in [-0.2, -0.15) is 0 Å². The van der Waals surface area contributed by atoms with Gasteiger partial charge in [-0.1, -0.05) is 0 Å². The number of aliphatic hydroxyl groups is 1. The third-order valence-electron chi connectivity index (χ3n) is 2.28.